The Morgan fingerprint density at radius 2 is 2.10 bits per heavy atom. The number of nitrogens with zero attached hydrogens (tertiary/aromatic N) is 1. The summed E-state index contributed by atoms with van der Waals surface area (Å²) in [6, 6.07) is 11.9. The van der Waals surface area contributed by atoms with E-state index in [1.54, 1.807) is 31.4 Å². The zero-order chi connectivity index (χ0) is 15.2. The van der Waals surface area contributed by atoms with Crippen molar-refractivity contribution in [2.45, 2.75) is 6.10 Å². The largest absolute Gasteiger partial charge is 0.507 e. The van der Waals surface area contributed by atoms with Gasteiger partial charge in [0.05, 0.1) is 19.8 Å². The van der Waals surface area contributed by atoms with E-state index in [0.29, 0.717) is 16.3 Å². The number of benzene rings is 2. The van der Waals surface area contributed by atoms with Crippen molar-refractivity contribution in [3.05, 3.63) is 58.6 Å². The summed E-state index contributed by atoms with van der Waals surface area (Å²) in [5.41, 5.74) is 1.24. The van der Waals surface area contributed by atoms with Crippen LogP contribution in [-0.4, -0.2) is 30.1 Å². The second kappa shape index (κ2) is 7.11. The summed E-state index contributed by atoms with van der Waals surface area (Å²) in [5.74, 6) is 0.780. The number of aliphatic hydroxyl groups is 1. The molecule has 2 rings (SSSR count). The van der Waals surface area contributed by atoms with E-state index in [1.165, 1.54) is 12.3 Å². The Hall–Kier alpha value is -2.04. The smallest absolute Gasteiger partial charge is 0.124 e. The number of halogens is 1. The van der Waals surface area contributed by atoms with Gasteiger partial charge >= 0.3 is 0 Å². The van der Waals surface area contributed by atoms with Gasteiger partial charge in [-0.1, -0.05) is 23.7 Å². The summed E-state index contributed by atoms with van der Waals surface area (Å²) in [5, 5.41) is 20.3. The number of ether oxygens (including phenoxy) is 1. The molecule has 5 heteroatoms. The zero-order valence-corrected chi connectivity index (χ0v) is 12.3. The highest BCUT2D eigenvalue weighted by atomic mass is 35.5. The van der Waals surface area contributed by atoms with Crippen LogP contribution in [0.4, 0.5) is 0 Å². The molecular weight excluding hydrogens is 290 g/mol. The van der Waals surface area contributed by atoms with E-state index in [2.05, 4.69) is 4.99 Å². The van der Waals surface area contributed by atoms with E-state index >= 15 is 0 Å². The molecule has 2 N–H and O–H groups in total. The lowest BCUT2D eigenvalue weighted by Gasteiger charge is -2.09. The van der Waals surface area contributed by atoms with E-state index in [0.717, 1.165) is 5.56 Å². The molecule has 1 unspecified atom stereocenters. The fraction of sp³-hybridized carbons (Fsp3) is 0.188. The highest BCUT2D eigenvalue weighted by Crippen LogP contribution is 2.21. The molecule has 0 aromatic heterocycles. The molecule has 0 aliphatic rings. The van der Waals surface area contributed by atoms with Gasteiger partial charge in [0, 0.05) is 16.8 Å². The SMILES string of the molecule is COc1cccc(C(O)CN=Cc2cc(Cl)ccc2O)c1. The third kappa shape index (κ3) is 4.21. The third-order valence-corrected chi connectivity index (χ3v) is 3.21. The lowest BCUT2D eigenvalue weighted by molar-refractivity contribution is 0.187. The van der Waals surface area contributed by atoms with E-state index in [4.69, 9.17) is 16.3 Å². The average Bonchev–Trinajstić information content (AvgIpc) is 2.50. The quantitative estimate of drug-likeness (QED) is 0.834. The van der Waals surface area contributed by atoms with Gasteiger partial charge in [-0.2, -0.15) is 0 Å². The van der Waals surface area contributed by atoms with Crippen LogP contribution in [0.1, 0.15) is 17.2 Å². The molecule has 0 fully saturated rings. The molecule has 0 aliphatic heterocycles. The van der Waals surface area contributed by atoms with Crippen LogP contribution in [0.2, 0.25) is 5.02 Å². The molecule has 2 aromatic rings. The Labute approximate surface area is 128 Å². The lowest BCUT2D eigenvalue weighted by Crippen LogP contribution is -2.02. The number of aromatic hydroxyl groups is 1. The molecule has 0 radical (unpaired) electrons. The summed E-state index contributed by atoms with van der Waals surface area (Å²) in [6.45, 7) is 0.180. The first-order chi connectivity index (χ1) is 10.1. The van der Waals surface area contributed by atoms with Crippen molar-refractivity contribution in [2.24, 2.45) is 4.99 Å². The van der Waals surface area contributed by atoms with Crippen LogP contribution in [0.25, 0.3) is 0 Å². The predicted octanol–water partition coefficient (Wildman–Crippen LogP) is 3.21. The van der Waals surface area contributed by atoms with Gasteiger partial charge in [0.25, 0.3) is 0 Å². The van der Waals surface area contributed by atoms with Crippen molar-refractivity contribution in [1.82, 2.24) is 0 Å². The lowest BCUT2D eigenvalue weighted by atomic mass is 10.1. The monoisotopic (exact) mass is 305 g/mol. The molecule has 0 saturated carbocycles. The molecule has 1 atom stereocenters. The van der Waals surface area contributed by atoms with Gasteiger partial charge in [-0.15, -0.1) is 0 Å². The molecule has 4 nitrogen and oxygen atoms in total. The summed E-state index contributed by atoms with van der Waals surface area (Å²) < 4.78 is 5.11. The third-order valence-electron chi connectivity index (χ3n) is 2.98. The average molecular weight is 306 g/mol. The van der Waals surface area contributed by atoms with Crippen LogP contribution in [0.15, 0.2) is 47.5 Å². The highest BCUT2D eigenvalue weighted by Gasteiger charge is 2.07. The molecule has 0 aliphatic carbocycles. The molecular formula is C16H16ClNO3. The van der Waals surface area contributed by atoms with Crippen molar-refractivity contribution < 1.29 is 14.9 Å². The fourth-order valence-corrected chi connectivity index (χ4v) is 2.01. The molecule has 0 amide bonds. The molecule has 0 bridgehead atoms. The zero-order valence-electron chi connectivity index (χ0n) is 11.5. The minimum Gasteiger partial charge on any atom is -0.507 e. The Morgan fingerprint density at radius 1 is 1.29 bits per heavy atom. The van der Waals surface area contributed by atoms with Gasteiger partial charge in [0.15, 0.2) is 0 Å². The van der Waals surface area contributed by atoms with E-state index in [1.807, 2.05) is 12.1 Å². The molecule has 0 saturated heterocycles. The maximum absolute atomic E-state index is 10.1. The van der Waals surface area contributed by atoms with Crippen LogP contribution >= 0.6 is 11.6 Å². The highest BCUT2D eigenvalue weighted by molar-refractivity contribution is 6.30. The number of hydrogen-bond acceptors (Lipinski definition) is 4. The number of phenols is 1. The van der Waals surface area contributed by atoms with Crippen molar-refractivity contribution in [1.29, 1.82) is 0 Å². The van der Waals surface area contributed by atoms with E-state index < -0.39 is 6.10 Å². The van der Waals surface area contributed by atoms with Crippen LogP contribution in [0.5, 0.6) is 11.5 Å². The van der Waals surface area contributed by atoms with E-state index in [-0.39, 0.29) is 12.3 Å². The van der Waals surface area contributed by atoms with Crippen molar-refractivity contribution >= 4 is 17.8 Å². The number of rotatable bonds is 5. The van der Waals surface area contributed by atoms with Gasteiger partial charge in [-0.3, -0.25) is 4.99 Å². The number of phenolic OH excluding ortho intramolecular Hbond substituents is 1. The first kappa shape index (κ1) is 15.4. The Morgan fingerprint density at radius 3 is 2.86 bits per heavy atom. The summed E-state index contributed by atoms with van der Waals surface area (Å²) >= 11 is 5.85. The van der Waals surface area contributed by atoms with Gasteiger partial charge in [0.2, 0.25) is 0 Å². The summed E-state index contributed by atoms with van der Waals surface area (Å²) in [7, 11) is 1.57. The minimum atomic E-state index is -0.738. The topological polar surface area (TPSA) is 62.0 Å². The summed E-state index contributed by atoms with van der Waals surface area (Å²) in [6.07, 6.45) is 0.752. The normalized spacial score (nSPS) is 12.5. The maximum Gasteiger partial charge on any atom is 0.124 e. The van der Waals surface area contributed by atoms with Crippen LogP contribution in [-0.2, 0) is 0 Å². The minimum absolute atomic E-state index is 0.0963. The Bertz CT molecular complexity index is 643. The van der Waals surface area contributed by atoms with Crippen molar-refractivity contribution in [3.8, 4) is 11.5 Å². The first-order valence-electron chi connectivity index (χ1n) is 6.40. The second-order valence-electron chi connectivity index (χ2n) is 4.49. The standard InChI is InChI=1S/C16H16ClNO3/c1-21-14-4-2-3-11(8-14)16(20)10-18-9-12-7-13(17)5-6-15(12)19/h2-9,16,19-20H,10H2,1H3. The Kier molecular flexibility index (Phi) is 5.20. The molecule has 2 aromatic carbocycles. The van der Waals surface area contributed by atoms with E-state index in [9.17, 15) is 10.2 Å². The molecule has 110 valence electrons. The number of methoxy groups -OCH3 is 1. The van der Waals surface area contributed by atoms with Gasteiger partial charge < -0.3 is 14.9 Å². The first-order valence-corrected chi connectivity index (χ1v) is 6.78. The van der Waals surface area contributed by atoms with Gasteiger partial charge in [-0.05, 0) is 35.9 Å². The molecule has 21 heavy (non-hydrogen) atoms. The Balaban J connectivity index is 2.04. The predicted molar refractivity (Wildman–Crippen MR) is 83.5 cm³/mol. The van der Waals surface area contributed by atoms with Gasteiger partial charge in [0.1, 0.15) is 11.5 Å². The molecule has 0 heterocycles. The van der Waals surface area contributed by atoms with Crippen LogP contribution in [0.3, 0.4) is 0 Å². The van der Waals surface area contributed by atoms with Crippen LogP contribution < -0.4 is 4.74 Å². The van der Waals surface area contributed by atoms with Gasteiger partial charge in [-0.25, -0.2) is 0 Å². The van der Waals surface area contributed by atoms with Crippen LogP contribution in [0, 0.1) is 0 Å². The fourth-order valence-electron chi connectivity index (χ4n) is 1.83. The molecule has 0 spiro atoms. The number of hydrogen-bond donors (Lipinski definition) is 2. The van der Waals surface area contributed by atoms with Crippen molar-refractivity contribution in [3.63, 3.8) is 0 Å². The second-order valence-corrected chi connectivity index (χ2v) is 4.93. The van der Waals surface area contributed by atoms with Crippen molar-refractivity contribution in [2.75, 3.05) is 13.7 Å². The summed E-state index contributed by atoms with van der Waals surface area (Å²) in [4.78, 5) is 4.14. The maximum atomic E-state index is 10.1. The number of aliphatic imine (C=N–C) groups is 1. The number of aliphatic hydroxyl groups excluding tert-OH is 1.